The van der Waals surface area contributed by atoms with Crippen molar-refractivity contribution in [2.75, 3.05) is 12.8 Å². The zero-order valence-electron chi connectivity index (χ0n) is 16.3. The van der Waals surface area contributed by atoms with Crippen LogP contribution in [0, 0.1) is 0 Å². The van der Waals surface area contributed by atoms with E-state index in [-0.39, 0.29) is 18.4 Å². The maximum Gasteiger partial charge on any atom is 0.242 e. The Morgan fingerprint density at radius 3 is 2.34 bits per heavy atom. The molecule has 0 aliphatic rings. The fourth-order valence-electron chi connectivity index (χ4n) is 2.85. The molecule has 8 heteroatoms. The molecule has 2 aromatic carbocycles. The van der Waals surface area contributed by atoms with Crippen LogP contribution in [0.1, 0.15) is 25.3 Å². The molecule has 0 heterocycles. The van der Waals surface area contributed by atoms with Gasteiger partial charge in [0.2, 0.25) is 11.8 Å². The summed E-state index contributed by atoms with van der Waals surface area (Å²) in [6.45, 7) is 2.17. The minimum Gasteiger partial charge on any atom is -0.357 e. The van der Waals surface area contributed by atoms with E-state index >= 15 is 0 Å². The van der Waals surface area contributed by atoms with Crippen LogP contribution in [-0.2, 0) is 16.1 Å². The summed E-state index contributed by atoms with van der Waals surface area (Å²) in [7, 11) is 1.57. The van der Waals surface area contributed by atoms with Gasteiger partial charge >= 0.3 is 0 Å². The number of likely N-dealkylation sites (N-methyl/N-ethyl adjacent to an activating group) is 1. The first-order valence-electron chi connectivity index (χ1n) is 9.19. The standard InChI is InChI=1S/C21H23Cl3N2O2S/c1-3-19(21(28)25-2)26(13-14-4-9-17(23)18(24)12-14)20(27)10-11-29-16-7-5-15(22)6-8-16/h4-9,12,19H,3,10-11,13H2,1-2H3,(H,25,28)/t19-/m1/s1. The van der Waals surface area contributed by atoms with Crippen LogP contribution in [0.15, 0.2) is 47.4 Å². The first-order valence-corrected chi connectivity index (χ1v) is 11.3. The minimum absolute atomic E-state index is 0.0898. The highest BCUT2D eigenvalue weighted by Crippen LogP contribution is 2.25. The van der Waals surface area contributed by atoms with Gasteiger partial charge in [0.25, 0.3) is 0 Å². The molecule has 2 rings (SSSR count). The summed E-state index contributed by atoms with van der Waals surface area (Å²) in [6.07, 6.45) is 0.819. The zero-order chi connectivity index (χ0) is 21.4. The fraction of sp³-hybridized carbons (Fsp3) is 0.333. The Kier molecular flexibility index (Phi) is 9.63. The maximum absolute atomic E-state index is 13.0. The Morgan fingerprint density at radius 1 is 1.07 bits per heavy atom. The van der Waals surface area contributed by atoms with Crippen molar-refractivity contribution in [1.29, 1.82) is 0 Å². The van der Waals surface area contributed by atoms with E-state index in [9.17, 15) is 9.59 Å². The summed E-state index contributed by atoms with van der Waals surface area (Å²) in [5.41, 5.74) is 0.820. The molecule has 1 N–H and O–H groups in total. The van der Waals surface area contributed by atoms with E-state index in [1.807, 2.05) is 37.3 Å². The third-order valence-corrected chi connectivity index (χ3v) is 6.37. The van der Waals surface area contributed by atoms with E-state index < -0.39 is 6.04 Å². The fourth-order valence-corrected chi connectivity index (χ4v) is 4.14. The number of hydrogen-bond donors (Lipinski definition) is 1. The second-order valence-corrected chi connectivity index (χ2v) is 8.78. The van der Waals surface area contributed by atoms with Crippen LogP contribution in [0.4, 0.5) is 0 Å². The molecule has 0 aliphatic heterocycles. The molecule has 0 saturated carbocycles. The number of rotatable bonds is 9. The SMILES string of the molecule is CC[C@H](C(=O)NC)N(Cc1ccc(Cl)c(Cl)c1)C(=O)CCSc1ccc(Cl)cc1. The Hall–Kier alpha value is -1.40. The van der Waals surface area contributed by atoms with Crippen molar-refractivity contribution in [2.45, 2.75) is 37.2 Å². The summed E-state index contributed by atoms with van der Waals surface area (Å²) < 4.78 is 0. The number of carbonyl (C=O) groups excluding carboxylic acids is 2. The lowest BCUT2D eigenvalue weighted by Crippen LogP contribution is -2.48. The highest BCUT2D eigenvalue weighted by Gasteiger charge is 2.27. The van der Waals surface area contributed by atoms with Crippen molar-refractivity contribution in [1.82, 2.24) is 10.2 Å². The largest absolute Gasteiger partial charge is 0.357 e. The Morgan fingerprint density at radius 2 is 1.76 bits per heavy atom. The monoisotopic (exact) mass is 472 g/mol. The van der Waals surface area contributed by atoms with Gasteiger partial charge in [-0.05, 0) is 48.4 Å². The van der Waals surface area contributed by atoms with Gasteiger partial charge in [0.15, 0.2) is 0 Å². The van der Waals surface area contributed by atoms with Gasteiger partial charge in [0.1, 0.15) is 6.04 Å². The summed E-state index contributed by atoms with van der Waals surface area (Å²) in [6, 6.07) is 12.2. The van der Waals surface area contributed by atoms with Crippen LogP contribution < -0.4 is 5.32 Å². The molecular formula is C21H23Cl3N2O2S. The lowest BCUT2D eigenvalue weighted by molar-refractivity contribution is -0.140. The number of carbonyl (C=O) groups is 2. The van der Waals surface area contributed by atoms with Crippen molar-refractivity contribution in [3.05, 3.63) is 63.1 Å². The molecule has 0 aliphatic carbocycles. The number of hydrogen-bond acceptors (Lipinski definition) is 3. The van der Waals surface area contributed by atoms with Crippen LogP contribution in [-0.4, -0.2) is 35.6 Å². The molecule has 0 bridgehead atoms. The normalized spacial score (nSPS) is 11.8. The van der Waals surface area contributed by atoms with Crippen LogP contribution in [0.2, 0.25) is 15.1 Å². The maximum atomic E-state index is 13.0. The smallest absolute Gasteiger partial charge is 0.242 e. The molecule has 29 heavy (non-hydrogen) atoms. The molecule has 4 nitrogen and oxygen atoms in total. The second kappa shape index (κ2) is 11.7. The zero-order valence-corrected chi connectivity index (χ0v) is 19.3. The Balaban J connectivity index is 2.11. The number of thioether (sulfide) groups is 1. The van der Waals surface area contributed by atoms with E-state index in [1.54, 1.807) is 35.8 Å². The van der Waals surface area contributed by atoms with E-state index in [1.165, 1.54) is 0 Å². The van der Waals surface area contributed by atoms with Gasteiger partial charge in [0.05, 0.1) is 10.0 Å². The summed E-state index contributed by atoms with van der Waals surface area (Å²) in [5, 5.41) is 4.19. The second-order valence-electron chi connectivity index (χ2n) is 6.36. The van der Waals surface area contributed by atoms with E-state index in [0.717, 1.165) is 10.5 Å². The van der Waals surface area contributed by atoms with E-state index in [0.29, 0.717) is 33.7 Å². The summed E-state index contributed by atoms with van der Waals surface area (Å²) in [4.78, 5) is 28.0. The summed E-state index contributed by atoms with van der Waals surface area (Å²) >= 11 is 19.6. The lowest BCUT2D eigenvalue weighted by atomic mass is 10.1. The highest BCUT2D eigenvalue weighted by molar-refractivity contribution is 7.99. The third-order valence-electron chi connectivity index (χ3n) is 4.37. The van der Waals surface area contributed by atoms with Gasteiger partial charge in [-0.2, -0.15) is 0 Å². The predicted octanol–water partition coefficient (Wildman–Crippen LogP) is 5.68. The van der Waals surface area contributed by atoms with Crippen LogP contribution in [0.3, 0.4) is 0 Å². The average molecular weight is 474 g/mol. The van der Waals surface area contributed by atoms with Gasteiger partial charge in [-0.15, -0.1) is 11.8 Å². The Bertz CT molecular complexity index is 846. The van der Waals surface area contributed by atoms with Crippen LogP contribution >= 0.6 is 46.6 Å². The third kappa shape index (κ3) is 7.10. The molecule has 156 valence electrons. The molecule has 0 aromatic heterocycles. The van der Waals surface area contributed by atoms with E-state index in [2.05, 4.69) is 5.32 Å². The number of halogens is 3. The first-order chi connectivity index (χ1) is 13.8. The van der Waals surface area contributed by atoms with Crippen molar-refractivity contribution >= 4 is 58.4 Å². The van der Waals surface area contributed by atoms with Crippen molar-refractivity contribution in [3.63, 3.8) is 0 Å². The predicted molar refractivity (Wildman–Crippen MR) is 122 cm³/mol. The lowest BCUT2D eigenvalue weighted by Gasteiger charge is -2.30. The molecule has 0 saturated heterocycles. The molecule has 0 spiro atoms. The van der Waals surface area contributed by atoms with Crippen LogP contribution in [0.5, 0.6) is 0 Å². The first kappa shape index (κ1) is 23.9. The molecule has 0 unspecified atom stereocenters. The van der Waals surface area contributed by atoms with Gasteiger partial charge in [0, 0.05) is 35.7 Å². The molecule has 2 amide bonds. The van der Waals surface area contributed by atoms with Crippen molar-refractivity contribution in [2.24, 2.45) is 0 Å². The molecular weight excluding hydrogens is 451 g/mol. The number of amides is 2. The van der Waals surface area contributed by atoms with Gasteiger partial charge in [-0.25, -0.2) is 0 Å². The number of nitrogens with one attached hydrogen (secondary N) is 1. The van der Waals surface area contributed by atoms with Crippen molar-refractivity contribution < 1.29 is 9.59 Å². The number of benzene rings is 2. The molecule has 1 atom stereocenters. The average Bonchev–Trinajstić information content (AvgIpc) is 2.71. The molecule has 0 radical (unpaired) electrons. The van der Waals surface area contributed by atoms with E-state index in [4.69, 9.17) is 34.8 Å². The molecule has 2 aromatic rings. The Labute approximate surface area is 190 Å². The highest BCUT2D eigenvalue weighted by atomic mass is 35.5. The van der Waals surface area contributed by atoms with Gasteiger partial charge in [-0.3, -0.25) is 9.59 Å². The van der Waals surface area contributed by atoms with Crippen LogP contribution in [0.25, 0.3) is 0 Å². The van der Waals surface area contributed by atoms with Gasteiger partial charge < -0.3 is 10.2 Å². The quantitative estimate of drug-likeness (QED) is 0.476. The summed E-state index contributed by atoms with van der Waals surface area (Å²) in [5.74, 6) is 0.321. The number of nitrogens with zero attached hydrogens (tertiary/aromatic N) is 1. The van der Waals surface area contributed by atoms with Crippen molar-refractivity contribution in [3.8, 4) is 0 Å². The molecule has 0 fully saturated rings. The van der Waals surface area contributed by atoms with Gasteiger partial charge in [-0.1, -0.05) is 47.8 Å². The topological polar surface area (TPSA) is 49.4 Å². The minimum atomic E-state index is -0.553.